The highest BCUT2D eigenvalue weighted by Gasteiger charge is 2.39. The number of nitrogens with one attached hydrogen (secondary N) is 6. The van der Waals surface area contributed by atoms with Crippen LogP contribution in [0.25, 0.3) is 22.5 Å². The molecule has 7 N–H and O–H groups in total. The first-order valence-electron chi connectivity index (χ1n) is 15.9. The first-order valence-corrected chi connectivity index (χ1v) is 15.9. The minimum Gasteiger partial charge on any atom is -0.508 e. The number of aryl methyl sites for hydroxylation is 3. The first kappa shape index (κ1) is 38.5. The minimum absolute atomic E-state index is 0.0483. The molecule has 54 heavy (non-hydrogen) atoms. The molecule has 4 aromatic carbocycles. The van der Waals surface area contributed by atoms with Gasteiger partial charge in [-0.15, -0.1) is 0 Å². The fourth-order valence-corrected chi connectivity index (χ4v) is 4.88. The van der Waals surface area contributed by atoms with Gasteiger partial charge in [0.15, 0.2) is 11.6 Å². The average Bonchev–Trinajstić information content (AvgIpc) is 3.77. The van der Waals surface area contributed by atoms with Gasteiger partial charge in [-0.2, -0.15) is 36.5 Å². The number of rotatable bonds is 8. The van der Waals surface area contributed by atoms with E-state index in [-0.39, 0.29) is 17.1 Å². The first-order chi connectivity index (χ1) is 25.4. The number of hydrogen-bond donors (Lipinski definition) is 7. The Bertz CT molecular complexity index is 2090. The predicted octanol–water partition coefficient (Wildman–Crippen LogP) is 9.27. The van der Waals surface area contributed by atoms with Crippen molar-refractivity contribution < 1.29 is 41.0 Å². The molecule has 2 amide bonds. The topological polar surface area (TPSA) is 160 Å². The van der Waals surface area contributed by atoms with Crippen LogP contribution in [-0.2, 0) is 9.59 Å². The van der Waals surface area contributed by atoms with Crippen molar-refractivity contribution in [3.63, 3.8) is 0 Å². The molecule has 0 aliphatic rings. The zero-order valence-electron chi connectivity index (χ0n) is 28.7. The van der Waals surface area contributed by atoms with E-state index in [4.69, 9.17) is 0 Å². The number of aromatic hydroxyl groups is 1. The summed E-state index contributed by atoms with van der Waals surface area (Å²) in [5.41, 5.74) is 7.25. The monoisotopic (exact) mass is 750 g/mol. The number of anilines is 6. The zero-order valence-corrected chi connectivity index (χ0v) is 28.7. The van der Waals surface area contributed by atoms with E-state index in [0.29, 0.717) is 34.1 Å². The van der Waals surface area contributed by atoms with Crippen molar-refractivity contribution >= 4 is 46.2 Å². The van der Waals surface area contributed by atoms with Crippen molar-refractivity contribution in [3.05, 3.63) is 114 Å². The largest absolute Gasteiger partial charge is 0.508 e. The fourth-order valence-electron chi connectivity index (χ4n) is 4.88. The van der Waals surface area contributed by atoms with E-state index in [1.165, 1.54) is 24.3 Å². The smallest absolute Gasteiger partial charge is 0.471 e. The second kappa shape index (κ2) is 15.9. The van der Waals surface area contributed by atoms with Gasteiger partial charge in [-0.3, -0.25) is 19.8 Å². The van der Waals surface area contributed by atoms with Crippen LogP contribution >= 0.6 is 0 Å². The summed E-state index contributed by atoms with van der Waals surface area (Å²) in [5, 5.41) is 33.3. The maximum atomic E-state index is 12.3. The Morgan fingerprint density at radius 2 is 0.963 bits per heavy atom. The van der Waals surface area contributed by atoms with Crippen LogP contribution in [0.1, 0.15) is 16.7 Å². The summed E-state index contributed by atoms with van der Waals surface area (Å²) in [6, 6.07) is 26.9. The minimum atomic E-state index is -4.94. The van der Waals surface area contributed by atoms with Gasteiger partial charge in [0.25, 0.3) is 0 Å². The number of aromatic amines is 2. The van der Waals surface area contributed by atoms with E-state index >= 15 is 0 Å². The molecule has 2 heterocycles. The van der Waals surface area contributed by atoms with Gasteiger partial charge in [0.2, 0.25) is 0 Å². The number of benzene rings is 4. The number of H-pyrrole nitrogens is 2. The number of hydrogen-bond acceptors (Lipinski definition) is 7. The molecule has 0 spiro atoms. The molecule has 0 fully saturated rings. The van der Waals surface area contributed by atoms with E-state index in [9.17, 15) is 41.0 Å². The summed E-state index contributed by atoms with van der Waals surface area (Å²) < 4.78 is 73.9. The second-order valence-electron chi connectivity index (χ2n) is 12.0. The number of phenolic OH excluding ortho intramolecular Hbond substituents is 1. The Hall–Kier alpha value is -6.78. The van der Waals surface area contributed by atoms with Crippen LogP contribution in [0, 0.1) is 20.8 Å². The molecule has 11 nitrogen and oxygen atoms in total. The average molecular weight is 751 g/mol. The molecule has 0 aliphatic carbocycles. The number of amides is 2. The fraction of sp³-hybridized carbons (Fsp3) is 0.135. The third-order valence-corrected chi connectivity index (χ3v) is 7.71. The third kappa shape index (κ3) is 10.2. The number of carbonyl (C=O) groups is 2. The molecule has 0 aliphatic heterocycles. The zero-order chi connectivity index (χ0) is 39.2. The summed E-state index contributed by atoms with van der Waals surface area (Å²) >= 11 is 0. The van der Waals surface area contributed by atoms with E-state index < -0.39 is 24.2 Å². The molecule has 0 bridgehead atoms. The summed E-state index contributed by atoms with van der Waals surface area (Å²) in [4.78, 5) is 22.0. The number of halogens is 6. The van der Waals surface area contributed by atoms with Crippen LogP contribution in [0.4, 0.5) is 60.7 Å². The Balaban J connectivity index is 0.000000208. The van der Waals surface area contributed by atoms with Gasteiger partial charge in [0, 0.05) is 34.9 Å². The van der Waals surface area contributed by atoms with Crippen LogP contribution in [0.3, 0.4) is 0 Å². The van der Waals surface area contributed by atoms with E-state index in [2.05, 4.69) is 31.0 Å². The van der Waals surface area contributed by atoms with E-state index in [1.54, 1.807) is 56.3 Å². The lowest BCUT2D eigenvalue weighted by molar-refractivity contribution is -0.167. The molecular formula is C37H32F6N8O3. The van der Waals surface area contributed by atoms with E-state index in [1.807, 2.05) is 47.9 Å². The van der Waals surface area contributed by atoms with Gasteiger partial charge in [0.1, 0.15) is 5.75 Å². The van der Waals surface area contributed by atoms with Gasteiger partial charge in [-0.25, -0.2) is 0 Å². The summed E-state index contributed by atoms with van der Waals surface area (Å²) in [6.07, 6.45) is -9.86. The quantitative estimate of drug-likeness (QED) is 0.0764. The van der Waals surface area contributed by atoms with Crippen molar-refractivity contribution in [2.75, 3.05) is 21.3 Å². The highest BCUT2D eigenvalue weighted by atomic mass is 19.4. The maximum Gasteiger partial charge on any atom is 0.471 e. The Morgan fingerprint density at radius 3 is 1.33 bits per heavy atom. The van der Waals surface area contributed by atoms with Gasteiger partial charge < -0.3 is 26.4 Å². The van der Waals surface area contributed by atoms with Gasteiger partial charge >= 0.3 is 24.2 Å². The van der Waals surface area contributed by atoms with Gasteiger partial charge in [0.05, 0.1) is 11.4 Å². The van der Waals surface area contributed by atoms with Crippen molar-refractivity contribution in [3.8, 4) is 28.3 Å². The normalized spacial score (nSPS) is 11.3. The molecule has 0 unspecified atom stereocenters. The van der Waals surface area contributed by atoms with Crippen molar-refractivity contribution in [2.45, 2.75) is 33.1 Å². The Kier molecular flexibility index (Phi) is 11.3. The molecule has 0 saturated carbocycles. The Morgan fingerprint density at radius 1 is 0.574 bits per heavy atom. The molecule has 0 radical (unpaired) electrons. The highest BCUT2D eigenvalue weighted by Crippen LogP contribution is 2.29. The number of phenols is 1. The highest BCUT2D eigenvalue weighted by molar-refractivity contribution is 5.96. The lowest BCUT2D eigenvalue weighted by Crippen LogP contribution is -2.29. The van der Waals surface area contributed by atoms with Crippen LogP contribution in [0.5, 0.6) is 5.75 Å². The lowest BCUT2D eigenvalue weighted by atomic mass is 10.1. The summed E-state index contributed by atoms with van der Waals surface area (Å²) in [7, 11) is 0. The SMILES string of the molecule is Cc1cc(NC(=O)C(F)(F)F)ccc1Nc1cc(-c2ccc(O)cc2)[nH]n1.Cc1ccc(-c2cc(Nc3ccc(NC(=O)C(F)(F)F)cc3C)n[nH]2)cc1. The number of aromatic nitrogens is 4. The molecule has 6 aromatic rings. The van der Waals surface area contributed by atoms with Crippen LogP contribution in [0.15, 0.2) is 97.1 Å². The third-order valence-electron chi connectivity index (χ3n) is 7.71. The Labute approximate surface area is 303 Å². The number of alkyl halides is 6. The summed E-state index contributed by atoms with van der Waals surface area (Å²) in [6.45, 7) is 5.42. The van der Waals surface area contributed by atoms with Gasteiger partial charge in [-0.05, 0) is 104 Å². The van der Waals surface area contributed by atoms with Crippen LogP contribution < -0.4 is 21.3 Å². The summed E-state index contributed by atoms with van der Waals surface area (Å²) in [5.74, 6) is -2.79. The number of nitrogens with zero attached hydrogens (tertiary/aromatic N) is 2. The van der Waals surface area contributed by atoms with E-state index in [0.717, 1.165) is 28.1 Å². The second-order valence-corrected chi connectivity index (χ2v) is 12.0. The molecular weight excluding hydrogens is 718 g/mol. The van der Waals surface area contributed by atoms with Crippen LogP contribution in [0.2, 0.25) is 0 Å². The van der Waals surface area contributed by atoms with Crippen molar-refractivity contribution in [1.29, 1.82) is 0 Å². The molecule has 0 saturated heterocycles. The molecule has 2 aromatic heterocycles. The predicted molar refractivity (Wildman–Crippen MR) is 193 cm³/mol. The van der Waals surface area contributed by atoms with Crippen molar-refractivity contribution in [1.82, 2.24) is 20.4 Å². The molecule has 280 valence electrons. The van der Waals surface area contributed by atoms with Gasteiger partial charge in [-0.1, -0.05) is 29.8 Å². The maximum absolute atomic E-state index is 12.3. The standard InChI is InChI=1S/C19H17F3N4O.C18H15F3N4O2/c1-11-3-5-13(6-4-11)16-10-17(26-25-16)24-15-8-7-14(9-12(15)2)23-18(27)19(20,21)22;1-10-8-12(22-17(27)18(19,20)21)4-7-14(10)23-16-9-15(24-25-16)11-2-5-13(26)6-3-11/h3-10H,1-2H3,(H,23,27)(H2,24,25,26);2-9,26H,1H3,(H,22,27)(H2,23,24,25). The molecule has 0 atom stereocenters. The molecule has 6 rings (SSSR count). The van der Waals surface area contributed by atoms with Crippen molar-refractivity contribution in [2.24, 2.45) is 0 Å². The number of carbonyl (C=O) groups excluding carboxylic acids is 2. The lowest BCUT2D eigenvalue weighted by Gasteiger charge is -2.11. The van der Waals surface area contributed by atoms with Crippen LogP contribution in [-0.4, -0.2) is 49.7 Å². The molecule has 17 heteroatoms.